The number of hydrogen-bond donors (Lipinski definition) is 1. The molecule has 0 aliphatic carbocycles. The molecule has 0 bridgehead atoms. The Bertz CT molecular complexity index is 1380. The van der Waals surface area contributed by atoms with Crippen molar-refractivity contribution in [1.29, 1.82) is 0 Å². The fraction of sp³-hybridized carbons (Fsp3) is 0.259. The first-order valence-electron chi connectivity index (χ1n) is 11.8. The van der Waals surface area contributed by atoms with Crippen LogP contribution in [0.15, 0.2) is 77.7 Å². The van der Waals surface area contributed by atoms with Gasteiger partial charge in [0.05, 0.1) is 17.7 Å². The van der Waals surface area contributed by atoms with Crippen molar-refractivity contribution in [3.05, 3.63) is 88.4 Å². The minimum Gasteiger partial charge on any atom is -0.497 e. The monoisotopic (exact) mass is 577 g/mol. The van der Waals surface area contributed by atoms with E-state index in [1.165, 1.54) is 42.3 Å². The summed E-state index contributed by atoms with van der Waals surface area (Å²) in [5, 5.41) is 3.39. The van der Waals surface area contributed by atoms with Crippen molar-refractivity contribution < 1.29 is 22.7 Å². The minimum atomic E-state index is -4.21. The first-order chi connectivity index (χ1) is 18.1. The van der Waals surface area contributed by atoms with E-state index in [0.717, 1.165) is 4.31 Å². The van der Waals surface area contributed by atoms with Crippen LogP contribution in [-0.2, 0) is 26.2 Å². The van der Waals surface area contributed by atoms with Crippen LogP contribution in [0.3, 0.4) is 0 Å². The number of likely N-dealkylation sites (N-methyl/N-ethyl adjacent to an activating group) is 1. The van der Waals surface area contributed by atoms with Gasteiger partial charge in [-0.15, -0.1) is 0 Å². The second-order valence-corrected chi connectivity index (χ2v) is 11.1. The molecule has 0 saturated heterocycles. The largest absolute Gasteiger partial charge is 0.497 e. The summed E-state index contributed by atoms with van der Waals surface area (Å²) in [6.07, 6.45) is 0. The van der Waals surface area contributed by atoms with Crippen molar-refractivity contribution in [3.63, 3.8) is 0 Å². The third-order valence-electron chi connectivity index (χ3n) is 5.78. The van der Waals surface area contributed by atoms with E-state index >= 15 is 0 Å². The first-order valence-corrected chi connectivity index (χ1v) is 14.0. The molecule has 1 unspecified atom stereocenters. The zero-order valence-electron chi connectivity index (χ0n) is 21.2. The number of anilines is 1. The van der Waals surface area contributed by atoms with Crippen molar-refractivity contribution in [1.82, 2.24) is 10.2 Å². The molecular formula is C27H29Cl2N3O5S. The van der Waals surface area contributed by atoms with Gasteiger partial charge in [-0.25, -0.2) is 8.42 Å². The molecule has 1 N–H and O–H groups in total. The predicted molar refractivity (Wildman–Crippen MR) is 149 cm³/mol. The third kappa shape index (κ3) is 7.18. The lowest BCUT2D eigenvalue weighted by atomic mass is 10.1. The lowest BCUT2D eigenvalue weighted by Gasteiger charge is -2.32. The van der Waals surface area contributed by atoms with Crippen molar-refractivity contribution in [2.75, 3.05) is 24.5 Å². The molecule has 0 aromatic heterocycles. The lowest BCUT2D eigenvalue weighted by Crippen LogP contribution is -2.51. The number of benzene rings is 3. The molecule has 0 saturated carbocycles. The molecule has 0 spiro atoms. The summed E-state index contributed by atoms with van der Waals surface area (Å²) in [6, 6.07) is 18.1. The highest BCUT2D eigenvalue weighted by atomic mass is 35.5. The molecular weight excluding hydrogens is 549 g/mol. The molecule has 0 heterocycles. The molecule has 3 aromatic carbocycles. The molecule has 3 aromatic rings. The summed E-state index contributed by atoms with van der Waals surface area (Å²) in [5.41, 5.74) is 0.913. The van der Waals surface area contributed by atoms with Gasteiger partial charge in [0.15, 0.2) is 0 Å². The standard InChI is InChI=1S/C27H29Cl2N3O5S/c1-4-30-27(34)19(2)31(17-20-7-5-10-24(15-20)37-3)26(33)18-32(23-9-6-8-22(29)16-23)38(35,36)25-13-11-21(28)12-14-25/h5-16,19H,4,17-18H2,1-3H3,(H,30,34). The van der Waals surface area contributed by atoms with E-state index < -0.39 is 28.5 Å². The summed E-state index contributed by atoms with van der Waals surface area (Å²) in [5.74, 6) is -0.353. The van der Waals surface area contributed by atoms with Gasteiger partial charge in [-0.3, -0.25) is 13.9 Å². The number of amides is 2. The zero-order valence-corrected chi connectivity index (χ0v) is 23.6. The molecule has 0 radical (unpaired) electrons. The second kappa shape index (κ2) is 13.0. The van der Waals surface area contributed by atoms with Gasteiger partial charge in [0.25, 0.3) is 10.0 Å². The fourth-order valence-corrected chi connectivity index (χ4v) is 5.48. The van der Waals surface area contributed by atoms with Crippen LogP contribution in [0.1, 0.15) is 19.4 Å². The van der Waals surface area contributed by atoms with Gasteiger partial charge in [0.2, 0.25) is 11.8 Å². The van der Waals surface area contributed by atoms with Crippen molar-refractivity contribution >= 4 is 50.7 Å². The van der Waals surface area contributed by atoms with Gasteiger partial charge in [0, 0.05) is 23.1 Å². The maximum atomic E-state index is 13.8. The van der Waals surface area contributed by atoms with Crippen LogP contribution >= 0.6 is 23.2 Å². The van der Waals surface area contributed by atoms with Crippen LogP contribution in [-0.4, -0.2) is 51.4 Å². The number of nitrogens with one attached hydrogen (secondary N) is 1. The topological polar surface area (TPSA) is 96.0 Å². The smallest absolute Gasteiger partial charge is 0.264 e. The number of hydrogen-bond acceptors (Lipinski definition) is 5. The highest BCUT2D eigenvalue weighted by molar-refractivity contribution is 7.92. The molecule has 3 rings (SSSR count). The van der Waals surface area contributed by atoms with Gasteiger partial charge >= 0.3 is 0 Å². The normalized spacial score (nSPS) is 11.9. The van der Waals surface area contributed by atoms with E-state index in [1.807, 2.05) is 0 Å². The fourth-order valence-electron chi connectivity index (χ4n) is 3.77. The SMILES string of the molecule is CCNC(=O)C(C)N(Cc1cccc(OC)c1)C(=O)CN(c1cccc(Cl)c1)S(=O)(=O)c1ccc(Cl)cc1. The van der Waals surface area contributed by atoms with Crippen LogP contribution in [0.2, 0.25) is 10.0 Å². The highest BCUT2D eigenvalue weighted by Crippen LogP contribution is 2.27. The summed E-state index contributed by atoms with van der Waals surface area (Å²) < 4.78 is 33.7. The summed E-state index contributed by atoms with van der Waals surface area (Å²) >= 11 is 12.1. The number of halogens is 2. The van der Waals surface area contributed by atoms with Crippen molar-refractivity contribution in [2.45, 2.75) is 31.3 Å². The number of ether oxygens (including phenoxy) is 1. The first kappa shape index (κ1) is 29.3. The maximum Gasteiger partial charge on any atom is 0.264 e. The molecule has 38 heavy (non-hydrogen) atoms. The third-order valence-corrected chi connectivity index (χ3v) is 8.06. The Morgan fingerprint density at radius 2 is 1.66 bits per heavy atom. The second-order valence-electron chi connectivity index (χ2n) is 8.39. The Kier molecular flexibility index (Phi) is 10.0. The Balaban J connectivity index is 2.03. The Morgan fingerprint density at radius 1 is 0.974 bits per heavy atom. The number of nitrogens with zero attached hydrogens (tertiary/aromatic N) is 2. The number of rotatable bonds is 11. The Labute approximate surface area is 233 Å². The number of methoxy groups -OCH3 is 1. The lowest BCUT2D eigenvalue weighted by molar-refractivity contribution is -0.139. The maximum absolute atomic E-state index is 13.8. The molecule has 11 heteroatoms. The molecule has 202 valence electrons. The average molecular weight is 579 g/mol. The number of carbonyl (C=O) groups excluding carboxylic acids is 2. The van der Waals surface area contributed by atoms with E-state index in [0.29, 0.717) is 27.9 Å². The summed E-state index contributed by atoms with van der Waals surface area (Å²) in [4.78, 5) is 27.9. The van der Waals surface area contributed by atoms with E-state index in [9.17, 15) is 18.0 Å². The van der Waals surface area contributed by atoms with Crippen LogP contribution in [0, 0.1) is 0 Å². The van der Waals surface area contributed by atoms with E-state index in [4.69, 9.17) is 27.9 Å². The van der Waals surface area contributed by atoms with Crippen LogP contribution in [0.25, 0.3) is 0 Å². The van der Waals surface area contributed by atoms with Gasteiger partial charge in [-0.05, 0) is 74.0 Å². The van der Waals surface area contributed by atoms with Gasteiger partial charge in [-0.1, -0.05) is 41.4 Å². The number of sulfonamides is 1. The highest BCUT2D eigenvalue weighted by Gasteiger charge is 2.32. The minimum absolute atomic E-state index is 0.0502. The molecule has 0 aliphatic rings. The summed E-state index contributed by atoms with van der Waals surface area (Å²) in [7, 11) is -2.68. The van der Waals surface area contributed by atoms with Crippen molar-refractivity contribution in [2.24, 2.45) is 0 Å². The quantitative estimate of drug-likeness (QED) is 0.354. The van der Waals surface area contributed by atoms with Crippen molar-refractivity contribution in [3.8, 4) is 5.75 Å². The molecule has 0 fully saturated rings. The van der Waals surface area contributed by atoms with Crippen LogP contribution in [0.4, 0.5) is 5.69 Å². The Morgan fingerprint density at radius 3 is 2.29 bits per heavy atom. The van der Waals surface area contributed by atoms with E-state index in [2.05, 4.69) is 5.32 Å². The van der Waals surface area contributed by atoms with E-state index in [1.54, 1.807) is 56.3 Å². The average Bonchev–Trinajstić information content (AvgIpc) is 2.90. The zero-order chi connectivity index (χ0) is 27.9. The number of carbonyl (C=O) groups is 2. The predicted octanol–water partition coefficient (Wildman–Crippen LogP) is 4.75. The van der Waals surface area contributed by atoms with Gasteiger partial charge in [0.1, 0.15) is 18.3 Å². The Hall–Kier alpha value is -3.27. The van der Waals surface area contributed by atoms with E-state index in [-0.39, 0.29) is 23.0 Å². The molecule has 2 amide bonds. The van der Waals surface area contributed by atoms with Gasteiger partial charge < -0.3 is 15.0 Å². The van der Waals surface area contributed by atoms with Crippen LogP contribution < -0.4 is 14.4 Å². The molecule has 0 aliphatic heterocycles. The molecule has 8 nitrogen and oxygen atoms in total. The summed E-state index contributed by atoms with van der Waals surface area (Å²) in [6.45, 7) is 3.24. The van der Waals surface area contributed by atoms with Crippen LogP contribution in [0.5, 0.6) is 5.75 Å². The van der Waals surface area contributed by atoms with Gasteiger partial charge in [-0.2, -0.15) is 0 Å². The molecule has 1 atom stereocenters.